The monoisotopic (exact) mass is 221 g/mol. The summed E-state index contributed by atoms with van der Waals surface area (Å²) in [6.45, 7) is 4.72. The van der Waals surface area contributed by atoms with E-state index in [1.807, 2.05) is 0 Å². The molecule has 0 saturated heterocycles. The van der Waals surface area contributed by atoms with Gasteiger partial charge in [-0.1, -0.05) is 18.7 Å². The molecule has 0 amide bonds. The predicted octanol–water partition coefficient (Wildman–Crippen LogP) is 1.77. The van der Waals surface area contributed by atoms with E-state index in [-0.39, 0.29) is 22.6 Å². The van der Waals surface area contributed by atoms with E-state index in [0.29, 0.717) is 0 Å². The number of rotatable bonds is 4. The minimum atomic E-state index is -1.20. The second-order valence-electron chi connectivity index (χ2n) is 3.34. The van der Waals surface area contributed by atoms with Gasteiger partial charge in [-0.05, 0) is 12.5 Å². The van der Waals surface area contributed by atoms with Gasteiger partial charge in [-0.2, -0.15) is 0 Å². The lowest BCUT2D eigenvalue weighted by atomic mass is 10.00. The number of nitro groups is 1. The number of ketones is 1. The molecule has 1 atom stereocenters. The maximum Gasteiger partial charge on any atom is 0.269 e. The number of nitrogens with zero attached hydrogens (tertiary/aromatic N) is 1. The van der Waals surface area contributed by atoms with Crippen LogP contribution in [0.5, 0.6) is 0 Å². The van der Waals surface area contributed by atoms with Crippen molar-refractivity contribution in [1.82, 2.24) is 0 Å². The first-order chi connectivity index (χ1) is 7.43. The molecule has 0 bridgehead atoms. The van der Waals surface area contributed by atoms with Crippen molar-refractivity contribution in [3.63, 3.8) is 0 Å². The lowest BCUT2D eigenvalue weighted by molar-refractivity contribution is -0.385. The molecule has 5 nitrogen and oxygen atoms in total. The first-order valence-electron chi connectivity index (χ1n) is 4.55. The third-order valence-electron chi connectivity index (χ3n) is 2.18. The molecule has 0 aliphatic carbocycles. The topological polar surface area (TPSA) is 80.4 Å². The Bertz CT molecular complexity index is 453. The van der Waals surface area contributed by atoms with Gasteiger partial charge in [0.05, 0.1) is 4.92 Å². The fraction of sp³-hybridized carbons (Fsp3) is 0.182. The van der Waals surface area contributed by atoms with Crippen molar-refractivity contribution in [3.8, 4) is 0 Å². The first-order valence-corrected chi connectivity index (χ1v) is 4.55. The molecule has 0 spiro atoms. The van der Waals surface area contributed by atoms with Crippen LogP contribution in [0.4, 0.5) is 5.69 Å². The van der Waals surface area contributed by atoms with Crippen LogP contribution in [0, 0.1) is 10.1 Å². The predicted molar refractivity (Wildman–Crippen MR) is 57.9 cm³/mol. The fourth-order valence-corrected chi connectivity index (χ4v) is 1.20. The van der Waals surface area contributed by atoms with Gasteiger partial charge in [0.1, 0.15) is 6.10 Å². The maximum absolute atomic E-state index is 11.0. The minimum Gasteiger partial charge on any atom is -0.384 e. The van der Waals surface area contributed by atoms with Crippen molar-refractivity contribution in [2.45, 2.75) is 13.0 Å². The van der Waals surface area contributed by atoms with Gasteiger partial charge in [-0.25, -0.2) is 0 Å². The van der Waals surface area contributed by atoms with E-state index < -0.39 is 11.0 Å². The molecule has 84 valence electrons. The second-order valence-corrected chi connectivity index (χ2v) is 3.34. The van der Waals surface area contributed by atoms with E-state index in [9.17, 15) is 20.0 Å². The van der Waals surface area contributed by atoms with Crippen LogP contribution in [-0.4, -0.2) is 15.8 Å². The van der Waals surface area contributed by atoms with Gasteiger partial charge in [0, 0.05) is 17.7 Å². The zero-order valence-corrected chi connectivity index (χ0v) is 8.71. The molecule has 0 aliphatic rings. The minimum absolute atomic E-state index is 0.0143. The number of aliphatic hydroxyl groups is 1. The number of carbonyl (C=O) groups excluding carboxylic acids is 1. The van der Waals surface area contributed by atoms with E-state index in [4.69, 9.17) is 0 Å². The van der Waals surface area contributed by atoms with Crippen molar-refractivity contribution in [3.05, 3.63) is 52.1 Å². The molecular formula is C11H11NO4. The van der Waals surface area contributed by atoms with Crippen molar-refractivity contribution >= 4 is 11.5 Å². The average molecular weight is 221 g/mol. The van der Waals surface area contributed by atoms with Gasteiger partial charge in [0.2, 0.25) is 0 Å². The van der Waals surface area contributed by atoms with Crippen molar-refractivity contribution < 1.29 is 14.8 Å². The van der Waals surface area contributed by atoms with E-state index in [2.05, 4.69) is 6.58 Å². The van der Waals surface area contributed by atoms with Crippen LogP contribution < -0.4 is 0 Å². The third-order valence-corrected chi connectivity index (χ3v) is 2.18. The van der Waals surface area contributed by atoms with Gasteiger partial charge in [0.25, 0.3) is 5.69 Å². The molecule has 0 heterocycles. The fourth-order valence-electron chi connectivity index (χ4n) is 1.20. The number of Topliss-reactive ketones (excluding diaryl/α,β-unsaturated/α-hetero) is 1. The molecule has 1 N–H and O–H groups in total. The maximum atomic E-state index is 11.0. The number of carbonyl (C=O) groups is 1. The Morgan fingerprint density at radius 2 is 2.19 bits per heavy atom. The lowest BCUT2D eigenvalue weighted by Crippen LogP contribution is -2.07. The summed E-state index contributed by atoms with van der Waals surface area (Å²) in [7, 11) is 0. The van der Waals surface area contributed by atoms with Crippen LogP contribution >= 0.6 is 0 Å². The summed E-state index contributed by atoms with van der Waals surface area (Å²) in [5, 5.41) is 20.2. The molecule has 0 saturated carbocycles. The lowest BCUT2D eigenvalue weighted by Gasteiger charge is -2.11. The molecule has 0 aromatic heterocycles. The Labute approximate surface area is 92.2 Å². The number of hydrogen-bond donors (Lipinski definition) is 1. The molecule has 0 fully saturated rings. The van der Waals surface area contributed by atoms with Gasteiger partial charge in [0.15, 0.2) is 5.78 Å². The molecule has 0 aliphatic heterocycles. The average Bonchev–Trinajstić information content (AvgIpc) is 2.27. The smallest absolute Gasteiger partial charge is 0.269 e. The zero-order valence-electron chi connectivity index (χ0n) is 8.71. The van der Waals surface area contributed by atoms with Gasteiger partial charge in [-0.15, -0.1) is 0 Å². The number of non-ortho nitro benzene ring substituents is 1. The summed E-state index contributed by atoms with van der Waals surface area (Å²) in [5.74, 6) is -0.348. The standard InChI is InChI=1S/C11H11NO4/c1-7(8(2)13)11(14)9-4-3-5-10(6-9)12(15)16/h3-6,11,14H,1H2,2H3/t11-/m0/s1. The number of nitro benzene ring substituents is 1. The number of benzene rings is 1. The normalized spacial score (nSPS) is 11.9. The summed E-state index contributed by atoms with van der Waals surface area (Å²) in [6, 6.07) is 5.49. The van der Waals surface area contributed by atoms with Gasteiger partial charge < -0.3 is 5.11 Å². The number of hydrogen-bond acceptors (Lipinski definition) is 4. The second kappa shape index (κ2) is 4.67. The Kier molecular flexibility index (Phi) is 3.52. The van der Waals surface area contributed by atoms with Crippen LogP contribution in [0.15, 0.2) is 36.4 Å². The summed E-state index contributed by atoms with van der Waals surface area (Å²) in [5.41, 5.74) is 0.169. The van der Waals surface area contributed by atoms with E-state index in [0.717, 1.165) is 0 Å². The van der Waals surface area contributed by atoms with Crippen LogP contribution in [0.1, 0.15) is 18.6 Å². The van der Waals surface area contributed by atoms with Gasteiger partial charge in [-0.3, -0.25) is 14.9 Å². The largest absolute Gasteiger partial charge is 0.384 e. The summed E-state index contributed by atoms with van der Waals surface area (Å²) in [4.78, 5) is 20.9. The highest BCUT2D eigenvalue weighted by molar-refractivity contribution is 5.93. The zero-order chi connectivity index (χ0) is 12.3. The molecule has 16 heavy (non-hydrogen) atoms. The SMILES string of the molecule is C=C(C(C)=O)[C@H](O)c1cccc([N+](=O)[O-])c1. The van der Waals surface area contributed by atoms with E-state index >= 15 is 0 Å². The Hall–Kier alpha value is -2.01. The Morgan fingerprint density at radius 3 is 2.69 bits per heavy atom. The van der Waals surface area contributed by atoms with E-state index in [1.165, 1.54) is 31.2 Å². The van der Waals surface area contributed by atoms with E-state index in [1.54, 1.807) is 0 Å². The highest BCUT2D eigenvalue weighted by atomic mass is 16.6. The Balaban J connectivity index is 3.05. The van der Waals surface area contributed by atoms with Crippen LogP contribution in [0.2, 0.25) is 0 Å². The summed E-state index contributed by atoms with van der Waals surface area (Å²) < 4.78 is 0. The molecule has 1 rings (SSSR count). The molecule has 5 heteroatoms. The van der Waals surface area contributed by atoms with Crippen LogP contribution in [-0.2, 0) is 4.79 Å². The summed E-state index contributed by atoms with van der Waals surface area (Å²) in [6.07, 6.45) is -1.20. The molecule has 0 unspecified atom stereocenters. The van der Waals surface area contributed by atoms with Crippen molar-refractivity contribution in [2.24, 2.45) is 0 Å². The third kappa shape index (κ3) is 2.52. The highest BCUT2D eigenvalue weighted by Gasteiger charge is 2.17. The Morgan fingerprint density at radius 1 is 1.56 bits per heavy atom. The molecule has 1 aromatic rings. The molecule has 1 aromatic carbocycles. The van der Waals surface area contributed by atoms with Crippen LogP contribution in [0.25, 0.3) is 0 Å². The molecule has 0 radical (unpaired) electrons. The van der Waals surface area contributed by atoms with Gasteiger partial charge >= 0.3 is 0 Å². The highest BCUT2D eigenvalue weighted by Crippen LogP contribution is 2.24. The number of aliphatic hydroxyl groups excluding tert-OH is 1. The quantitative estimate of drug-likeness (QED) is 0.477. The molecular weight excluding hydrogens is 210 g/mol. The van der Waals surface area contributed by atoms with Crippen molar-refractivity contribution in [2.75, 3.05) is 0 Å². The van der Waals surface area contributed by atoms with Crippen LogP contribution in [0.3, 0.4) is 0 Å². The summed E-state index contributed by atoms with van der Waals surface area (Å²) >= 11 is 0. The van der Waals surface area contributed by atoms with Crippen molar-refractivity contribution in [1.29, 1.82) is 0 Å². The first kappa shape index (κ1) is 12.1.